The number of carboxylic acid groups (broad SMARTS) is 3. The lowest BCUT2D eigenvalue weighted by atomic mass is 10.0. The number of nitrogens with zero attached hydrogens (tertiary/aromatic N) is 4. The number of aromatic amines is 1. The second-order valence-electron chi connectivity index (χ2n) is 10.3. The van der Waals surface area contributed by atoms with Gasteiger partial charge in [-0.15, -0.1) is 0 Å². The standard InChI is InChI=1S/C24H22F3N5O.3C2HF3O2/c1-33-18-5-3-17(4-6-18)31-10-12-32(13-11-31)22-8-9-28-21-7-2-16(14-19(21)22)20-15-29-30-23(20)24(25,26)27;3*3-2(4,5)1(6)7/h2-9,14-15H,10-13H2,1H3,(H,29,30);3*(H,6,7). The number of carbonyl (C=O) groups is 3. The van der Waals surface area contributed by atoms with E-state index in [1.807, 2.05) is 30.3 Å². The average Bonchev–Trinajstić information content (AvgIpc) is 3.59. The quantitative estimate of drug-likeness (QED) is 0.159. The minimum atomic E-state index is -5.08. The summed E-state index contributed by atoms with van der Waals surface area (Å²) in [6, 6.07) is 15.1. The fourth-order valence-electron chi connectivity index (χ4n) is 4.29. The predicted octanol–water partition coefficient (Wildman–Crippen LogP) is 6.88. The topological polar surface area (TPSA) is 169 Å². The van der Waals surface area contributed by atoms with Gasteiger partial charge in [0.05, 0.1) is 18.8 Å². The van der Waals surface area contributed by atoms with Gasteiger partial charge in [0.25, 0.3) is 0 Å². The van der Waals surface area contributed by atoms with Gasteiger partial charge in [-0.2, -0.15) is 57.8 Å². The van der Waals surface area contributed by atoms with Gasteiger partial charge in [-0.3, -0.25) is 10.1 Å². The van der Waals surface area contributed by atoms with Crippen molar-refractivity contribution in [3.05, 3.63) is 66.6 Å². The third-order valence-corrected chi connectivity index (χ3v) is 6.74. The summed E-state index contributed by atoms with van der Waals surface area (Å²) in [5.74, 6) is -7.45. The van der Waals surface area contributed by atoms with Gasteiger partial charge in [0.15, 0.2) is 0 Å². The number of fused-ring (bicyclic) bond motifs is 1. The molecule has 1 saturated heterocycles. The molecule has 24 heteroatoms. The Bertz CT molecular complexity index is 1810. The third kappa shape index (κ3) is 12.9. The van der Waals surface area contributed by atoms with E-state index < -0.39 is 48.3 Å². The number of hydrogen-bond acceptors (Lipinski definition) is 8. The van der Waals surface area contributed by atoms with Crippen LogP contribution in [0, 0.1) is 0 Å². The number of carboxylic acids is 3. The summed E-state index contributed by atoms with van der Waals surface area (Å²) < 4.78 is 141. The Kier molecular flexibility index (Phi) is 14.5. The average molecular weight is 796 g/mol. The Balaban J connectivity index is 0.000000393. The van der Waals surface area contributed by atoms with Crippen LogP contribution >= 0.6 is 0 Å². The molecule has 4 aromatic rings. The van der Waals surface area contributed by atoms with Gasteiger partial charge in [0.1, 0.15) is 11.4 Å². The summed E-state index contributed by atoms with van der Waals surface area (Å²) in [6.45, 7) is 3.23. The largest absolute Gasteiger partial charge is 0.497 e. The van der Waals surface area contributed by atoms with Crippen molar-refractivity contribution in [3.8, 4) is 16.9 Å². The van der Waals surface area contributed by atoms with Gasteiger partial charge in [0.2, 0.25) is 0 Å². The van der Waals surface area contributed by atoms with Crippen LogP contribution in [-0.4, -0.2) is 100 Å². The zero-order chi connectivity index (χ0) is 41.2. The third-order valence-electron chi connectivity index (χ3n) is 6.74. The first-order valence-electron chi connectivity index (χ1n) is 14.3. The number of alkyl halides is 12. The van der Waals surface area contributed by atoms with E-state index in [2.05, 4.69) is 25.0 Å². The van der Waals surface area contributed by atoms with E-state index in [1.54, 1.807) is 31.5 Å². The van der Waals surface area contributed by atoms with Crippen LogP contribution < -0.4 is 14.5 Å². The zero-order valence-electron chi connectivity index (χ0n) is 26.9. The predicted molar refractivity (Wildman–Crippen MR) is 163 cm³/mol. The highest BCUT2D eigenvalue weighted by Crippen LogP contribution is 2.37. The van der Waals surface area contributed by atoms with Crippen LogP contribution in [0.1, 0.15) is 5.69 Å². The number of halogens is 12. The SMILES string of the molecule is COc1ccc(N2CCN(c3ccnc4ccc(-c5cn[nH]c5C(F)(F)F)cc34)CC2)cc1.O=C(O)C(F)(F)F.O=C(O)C(F)(F)F.O=C(O)C(F)(F)F. The van der Waals surface area contributed by atoms with E-state index >= 15 is 0 Å². The van der Waals surface area contributed by atoms with E-state index in [4.69, 9.17) is 34.4 Å². The molecule has 0 radical (unpaired) electrons. The molecular weight excluding hydrogens is 770 g/mol. The minimum absolute atomic E-state index is 0.0310. The van der Waals surface area contributed by atoms with Gasteiger partial charge < -0.3 is 29.9 Å². The van der Waals surface area contributed by atoms with Crippen LogP contribution in [0.25, 0.3) is 22.0 Å². The first kappa shape index (κ1) is 44.2. The van der Waals surface area contributed by atoms with Crippen molar-refractivity contribution in [2.75, 3.05) is 43.1 Å². The molecule has 0 amide bonds. The van der Waals surface area contributed by atoms with Crippen LogP contribution in [0.2, 0.25) is 0 Å². The second kappa shape index (κ2) is 17.7. The van der Waals surface area contributed by atoms with Gasteiger partial charge in [0, 0.05) is 54.7 Å². The molecular formula is C30H25F12N5O7. The zero-order valence-corrected chi connectivity index (χ0v) is 26.9. The number of H-pyrrole nitrogens is 1. The van der Waals surface area contributed by atoms with Crippen LogP contribution in [0.5, 0.6) is 5.75 Å². The maximum Gasteiger partial charge on any atom is 0.490 e. The minimum Gasteiger partial charge on any atom is -0.497 e. The number of nitrogens with one attached hydrogen (secondary N) is 1. The Morgan fingerprint density at radius 1 is 0.704 bits per heavy atom. The van der Waals surface area contributed by atoms with E-state index in [9.17, 15) is 52.7 Å². The van der Waals surface area contributed by atoms with Crippen molar-refractivity contribution in [2.45, 2.75) is 24.7 Å². The molecule has 54 heavy (non-hydrogen) atoms. The smallest absolute Gasteiger partial charge is 0.490 e. The molecule has 0 saturated carbocycles. The Morgan fingerprint density at radius 3 is 1.59 bits per heavy atom. The summed E-state index contributed by atoms with van der Waals surface area (Å²) in [5.41, 5.74) is 2.48. The number of aliphatic carboxylic acids is 3. The van der Waals surface area contributed by atoms with E-state index in [1.165, 1.54) is 6.20 Å². The maximum atomic E-state index is 13.4. The fraction of sp³-hybridized carbons (Fsp3) is 0.300. The van der Waals surface area contributed by atoms with Crippen LogP contribution in [0.3, 0.4) is 0 Å². The second-order valence-corrected chi connectivity index (χ2v) is 10.3. The highest BCUT2D eigenvalue weighted by atomic mass is 19.4. The number of anilines is 2. The molecule has 0 unspecified atom stereocenters. The lowest BCUT2D eigenvalue weighted by molar-refractivity contribution is -0.193. The molecule has 0 bridgehead atoms. The monoisotopic (exact) mass is 795 g/mol. The normalized spacial score (nSPS) is 13.4. The molecule has 0 aliphatic carbocycles. The summed E-state index contributed by atoms with van der Waals surface area (Å²) >= 11 is 0. The molecule has 1 aliphatic rings. The van der Waals surface area contributed by atoms with Crippen molar-refractivity contribution < 1.29 is 87.1 Å². The number of rotatable bonds is 4. The van der Waals surface area contributed by atoms with Gasteiger partial charge in [-0.25, -0.2) is 14.4 Å². The lowest BCUT2D eigenvalue weighted by Crippen LogP contribution is -2.46. The highest BCUT2D eigenvalue weighted by molar-refractivity contribution is 5.95. The number of piperazine rings is 1. The van der Waals surface area contributed by atoms with E-state index in [0.29, 0.717) is 5.56 Å². The summed E-state index contributed by atoms with van der Waals surface area (Å²) in [5, 5.41) is 27.9. The maximum absolute atomic E-state index is 13.4. The molecule has 0 atom stereocenters. The Labute approximate surface area is 294 Å². The number of hydrogen-bond donors (Lipinski definition) is 4. The van der Waals surface area contributed by atoms with E-state index in [-0.39, 0.29) is 5.56 Å². The molecule has 296 valence electrons. The molecule has 1 fully saturated rings. The summed E-state index contributed by atoms with van der Waals surface area (Å²) in [7, 11) is 1.65. The van der Waals surface area contributed by atoms with Gasteiger partial charge >= 0.3 is 42.6 Å². The summed E-state index contributed by atoms with van der Waals surface area (Å²) in [4.78, 5) is 35.7. The highest BCUT2D eigenvalue weighted by Gasteiger charge is 2.39. The van der Waals surface area contributed by atoms with Crippen LogP contribution in [-0.2, 0) is 20.6 Å². The van der Waals surface area contributed by atoms with E-state index in [0.717, 1.165) is 54.2 Å². The Hall–Kier alpha value is -5.97. The van der Waals surface area contributed by atoms with Crippen LogP contribution in [0.4, 0.5) is 64.1 Å². The number of benzene rings is 2. The van der Waals surface area contributed by atoms with Gasteiger partial charge in [-0.05, 0) is 48.0 Å². The molecule has 1 aliphatic heterocycles. The first-order chi connectivity index (χ1) is 24.8. The summed E-state index contributed by atoms with van der Waals surface area (Å²) in [6.07, 6.45) is -16.8. The number of pyridine rings is 1. The van der Waals surface area contributed by atoms with Crippen molar-refractivity contribution in [2.24, 2.45) is 0 Å². The van der Waals surface area contributed by atoms with Crippen LogP contribution in [0.15, 0.2) is 60.9 Å². The lowest BCUT2D eigenvalue weighted by Gasteiger charge is -2.37. The molecule has 5 rings (SSSR count). The number of methoxy groups -OCH3 is 1. The first-order valence-corrected chi connectivity index (χ1v) is 14.3. The van der Waals surface area contributed by atoms with Crippen molar-refractivity contribution in [1.82, 2.24) is 15.2 Å². The molecule has 0 spiro atoms. The van der Waals surface area contributed by atoms with Gasteiger partial charge in [-0.1, -0.05) is 6.07 Å². The molecule has 3 heterocycles. The molecule has 4 N–H and O–H groups in total. The molecule has 2 aromatic carbocycles. The number of ether oxygens (including phenoxy) is 1. The number of aromatic nitrogens is 3. The Morgan fingerprint density at radius 2 is 1.17 bits per heavy atom. The molecule has 12 nitrogen and oxygen atoms in total. The fourth-order valence-corrected chi connectivity index (χ4v) is 4.29. The van der Waals surface area contributed by atoms with Crippen molar-refractivity contribution in [3.63, 3.8) is 0 Å². The molecule has 2 aromatic heterocycles. The van der Waals surface area contributed by atoms with Crippen molar-refractivity contribution in [1.29, 1.82) is 0 Å². The van der Waals surface area contributed by atoms with Crippen molar-refractivity contribution >= 4 is 40.2 Å².